The zero-order chi connectivity index (χ0) is 13.4. The van der Waals surface area contributed by atoms with Crippen molar-refractivity contribution in [2.24, 2.45) is 0 Å². The summed E-state index contributed by atoms with van der Waals surface area (Å²) in [5, 5.41) is 8.47. The summed E-state index contributed by atoms with van der Waals surface area (Å²) in [4.78, 5) is 24.0. The zero-order valence-electron chi connectivity index (χ0n) is 10.6. The van der Waals surface area contributed by atoms with Crippen molar-refractivity contribution in [1.29, 1.82) is 0 Å². The summed E-state index contributed by atoms with van der Waals surface area (Å²) in [5.74, 6) is -0.595. The Bertz CT molecular complexity index is 311. The van der Waals surface area contributed by atoms with Crippen molar-refractivity contribution in [1.82, 2.24) is 4.90 Å². The number of carbonyl (C=O) groups is 2. The zero-order valence-corrected chi connectivity index (χ0v) is 11.4. The van der Waals surface area contributed by atoms with Crippen LogP contribution in [-0.2, 0) is 20.4 Å². The van der Waals surface area contributed by atoms with Crippen molar-refractivity contribution in [2.45, 2.75) is 38.5 Å². The molecule has 6 heteroatoms. The van der Waals surface area contributed by atoms with Gasteiger partial charge < -0.3 is 10.0 Å². The van der Waals surface area contributed by atoms with Crippen LogP contribution >= 0.6 is 0 Å². The Hall–Kier alpha value is -0.910. The van der Waals surface area contributed by atoms with Crippen LogP contribution in [0.5, 0.6) is 0 Å². The van der Waals surface area contributed by atoms with Crippen LogP contribution < -0.4 is 0 Å². The van der Waals surface area contributed by atoms with Crippen LogP contribution in [0.2, 0.25) is 0 Å². The molecule has 1 aliphatic rings. The molecule has 18 heavy (non-hydrogen) atoms. The molecule has 1 fully saturated rings. The largest absolute Gasteiger partial charge is 0.481 e. The molecule has 0 bridgehead atoms. The van der Waals surface area contributed by atoms with Crippen molar-refractivity contribution in [3.63, 3.8) is 0 Å². The second-order valence-electron chi connectivity index (χ2n) is 4.58. The van der Waals surface area contributed by atoms with E-state index in [9.17, 15) is 13.8 Å². The monoisotopic (exact) mass is 275 g/mol. The van der Waals surface area contributed by atoms with E-state index in [4.69, 9.17) is 5.11 Å². The van der Waals surface area contributed by atoms with Crippen LogP contribution in [0.25, 0.3) is 0 Å². The lowest BCUT2D eigenvalue weighted by molar-refractivity contribution is -0.137. The molecule has 0 aromatic heterocycles. The number of carboxylic acids is 1. The lowest BCUT2D eigenvalue weighted by atomic mass is 10.2. The van der Waals surface area contributed by atoms with Gasteiger partial charge in [0.15, 0.2) is 0 Å². The van der Waals surface area contributed by atoms with Crippen LogP contribution in [0.4, 0.5) is 0 Å². The van der Waals surface area contributed by atoms with Gasteiger partial charge in [-0.2, -0.15) is 0 Å². The Kier molecular flexibility index (Phi) is 6.93. The van der Waals surface area contributed by atoms with Gasteiger partial charge in [-0.15, -0.1) is 0 Å². The number of carboxylic acid groups (broad SMARTS) is 1. The molecule has 0 radical (unpaired) electrons. The predicted molar refractivity (Wildman–Crippen MR) is 69.8 cm³/mol. The topological polar surface area (TPSA) is 74.7 Å². The quantitative estimate of drug-likeness (QED) is 0.785. The van der Waals surface area contributed by atoms with Gasteiger partial charge in [-0.25, -0.2) is 0 Å². The van der Waals surface area contributed by atoms with Crippen LogP contribution in [0, 0.1) is 0 Å². The minimum Gasteiger partial charge on any atom is -0.481 e. The second-order valence-corrected chi connectivity index (χ2v) is 6.16. The van der Waals surface area contributed by atoms with E-state index in [1.165, 1.54) is 0 Å². The molecule has 1 atom stereocenters. The Morgan fingerprint density at radius 2 is 1.72 bits per heavy atom. The first-order chi connectivity index (χ1) is 8.59. The number of likely N-dealkylation sites (tertiary alicyclic amines) is 1. The van der Waals surface area contributed by atoms with E-state index in [0.29, 0.717) is 12.2 Å². The van der Waals surface area contributed by atoms with Crippen LogP contribution in [0.15, 0.2) is 0 Å². The van der Waals surface area contributed by atoms with Crippen molar-refractivity contribution < 1.29 is 18.9 Å². The Labute approximate surface area is 110 Å². The van der Waals surface area contributed by atoms with Gasteiger partial charge >= 0.3 is 5.97 Å². The van der Waals surface area contributed by atoms with Crippen molar-refractivity contribution in [3.05, 3.63) is 0 Å². The summed E-state index contributed by atoms with van der Waals surface area (Å²) in [5.41, 5.74) is 0. The number of rotatable bonds is 6. The van der Waals surface area contributed by atoms with Gasteiger partial charge in [0.25, 0.3) is 0 Å². The standard InChI is InChI=1S/C12H21NO4S/c14-11(13-7-3-1-2-4-8-13)10-18(17)9-5-6-12(15)16/h1-10H2,(H,15,16). The normalized spacial score (nSPS) is 18.1. The van der Waals surface area contributed by atoms with Gasteiger partial charge in [0.05, 0.1) is 0 Å². The van der Waals surface area contributed by atoms with E-state index < -0.39 is 16.8 Å². The van der Waals surface area contributed by atoms with Gasteiger partial charge in [-0.3, -0.25) is 13.8 Å². The first kappa shape index (κ1) is 15.1. The fraction of sp³-hybridized carbons (Fsp3) is 0.833. The maximum atomic E-state index is 11.9. The third kappa shape index (κ3) is 6.14. The van der Waals surface area contributed by atoms with Gasteiger partial charge in [-0.1, -0.05) is 12.8 Å². The van der Waals surface area contributed by atoms with E-state index in [2.05, 4.69) is 0 Å². The lowest BCUT2D eigenvalue weighted by Crippen LogP contribution is -2.35. The summed E-state index contributed by atoms with van der Waals surface area (Å²) < 4.78 is 11.6. The minimum atomic E-state index is -1.23. The smallest absolute Gasteiger partial charge is 0.303 e. The molecule has 5 nitrogen and oxygen atoms in total. The summed E-state index contributed by atoms with van der Waals surface area (Å²) >= 11 is 0. The fourth-order valence-corrected chi connectivity index (χ4v) is 3.07. The molecule has 1 rings (SSSR count). The average molecular weight is 275 g/mol. The number of hydrogen-bond acceptors (Lipinski definition) is 3. The fourth-order valence-electron chi connectivity index (χ4n) is 2.01. The molecule has 0 saturated carbocycles. The number of hydrogen-bond donors (Lipinski definition) is 1. The molecule has 0 spiro atoms. The predicted octanol–water partition coefficient (Wildman–Crippen LogP) is 1.00. The highest BCUT2D eigenvalue weighted by molar-refractivity contribution is 7.85. The molecule has 104 valence electrons. The molecule has 1 saturated heterocycles. The highest BCUT2D eigenvalue weighted by Crippen LogP contribution is 2.10. The number of aliphatic carboxylic acids is 1. The van der Waals surface area contributed by atoms with E-state index in [-0.39, 0.29) is 18.1 Å². The van der Waals surface area contributed by atoms with Gasteiger partial charge in [0, 0.05) is 36.1 Å². The Balaban J connectivity index is 2.25. The number of carbonyl (C=O) groups excluding carboxylic acids is 1. The van der Waals surface area contributed by atoms with E-state index in [1.54, 1.807) is 4.90 Å². The third-order valence-corrected chi connectivity index (χ3v) is 4.32. The third-order valence-electron chi connectivity index (χ3n) is 3.01. The molecule has 1 heterocycles. The summed E-state index contributed by atoms with van der Waals surface area (Å²) in [6.07, 6.45) is 4.75. The van der Waals surface area contributed by atoms with Gasteiger partial charge in [0.2, 0.25) is 5.91 Å². The van der Waals surface area contributed by atoms with Crippen molar-refractivity contribution >= 4 is 22.7 Å². The number of nitrogens with zero attached hydrogens (tertiary/aromatic N) is 1. The first-order valence-corrected chi connectivity index (χ1v) is 7.93. The maximum Gasteiger partial charge on any atom is 0.303 e. The van der Waals surface area contributed by atoms with Crippen LogP contribution in [-0.4, -0.2) is 50.7 Å². The van der Waals surface area contributed by atoms with Crippen molar-refractivity contribution in [2.75, 3.05) is 24.6 Å². The van der Waals surface area contributed by atoms with E-state index in [1.807, 2.05) is 0 Å². The summed E-state index contributed by atoms with van der Waals surface area (Å²) in [6.45, 7) is 1.54. The summed E-state index contributed by atoms with van der Waals surface area (Å²) in [7, 11) is -1.23. The molecule has 1 aliphatic heterocycles. The van der Waals surface area contributed by atoms with Gasteiger partial charge in [-0.05, 0) is 19.3 Å². The molecular weight excluding hydrogens is 254 g/mol. The molecule has 0 aromatic carbocycles. The maximum absolute atomic E-state index is 11.9. The molecule has 1 N–H and O–H groups in total. The first-order valence-electron chi connectivity index (χ1n) is 6.44. The molecular formula is C12H21NO4S. The van der Waals surface area contributed by atoms with Crippen LogP contribution in [0.3, 0.4) is 0 Å². The molecule has 1 unspecified atom stereocenters. The molecule has 0 aromatic rings. The summed E-state index contributed by atoms with van der Waals surface area (Å²) in [6, 6.07) is 0. The van der Waals surface area contributed by atoms with Gasteiger partial charge in [0.1, 0.15) is 5.75 Å². The molecule has 1 amide bonds. The molecule has 0 aliphatic carbocycles. The minimum absolute atomic E-state index is 0.0175. The van der Waals surface area contributed by atoms with Crippen LogP contribution in [0.1, 0.15) is 38.5 Å². The van der Waals surface area contributed by atoms with E-state index in [0.717, 1.165) is 38.8 Å². The Morgan fingerprint density at radius 3 is 2.28 bits per heavy atom. The number of amides is 1. The SMILES string of the molecule is O=C(O)CCCS(=O)CC(=O)N1CCCCCC1. The lowest BCUT2D eigenvalue weighted by Gasteiger charge is -2.19. The van der Waals surface area contributed by atoms with E-state index >= 15 is 0 Å². The average Bonchev–Trinajstić information content (AvgIpc) is 2.56. The Morgan fingerprint density at radius 1 is 1.11 bits per heavy atom. The highest BCUT2D eigenvalue weighted by Gasteiger charge is 2.17. The highest BCUT2D eigenvalue weighted by atomic mass is 32.2. The van der Waals surface area contributed by atoms with Crippen molar-refractivity contribution in [3.8, 4) is 0 Å². The second kappa shape index (κ2) is 8.24.